The van der Waals surface area contributed by atoms with Gasteiger partial charge in [0.2, 0.25) is 5.09 Å². The van der Waals surface area contributed by atoms with Crippen LogP contribution in [-0.4, -0.2) is 50.8 Å². The number of benzene rings is 1. The molecule has 23 heavy (non-hydrogen) atoms. The van der Waals surface area contributed by atoms with Gasteiger partial charge >= 0.3 is 0 Å². The van der Waals surface area contributed by atoms with Crippen molar-refractivity contribution in [2.75, 3.05) is 33.2 Å². The molecule has 2 fully saturated rings. The van der Waals surface area contributed by atoms with Gasteiger partial charge in [-0.05, 0) is 44.3 Å². The van der Waals surface area contributed by atoms with Gasteiger partial charge in [0.15, 0.2) is 0 Å². The van der Waals surface area contributed by atoms with E-state index in [1.54, 1.807) is 16.4 Å². The Bertz CT molecular complexity index is 796. The van der Waals surface area contributed by atoms with Crippen LogP contribution in [0.4, 0.5) is 0 Å². The van der Waals surface area contributed by atoms with Crippen LogP contribution in [0, 0.1) is 5.41 Å². The van der Waals surface area contributed by atoms with Crippen molar-refractivity contribution in [1.29, 1.82) is 0 Å². The summed E-state index contributed by atoms with van der Waals surface area (Å²) >= 11 is 0. The fourth-order valence-corrected chi connectivity index (χ4v) is 5.60. The van der Waals surface area contributed by atoms with Crippen molar-refractivity contribution in [2.24, 2.45) is 5.41 Å². The van der Waals surface area contributed by atoms with Gasteiger partial charge in [-0.3, -0.25) is 0 Å². The van der Waals surface area contributed by atoms with E-state index in [2.05, 4.69) is 11.9 Å². The van der Waals surface area contributed by atoms with Crippen molar-refractivity contribution in [2.45, 2.75) is 24.4 Å². The van der Waals surface area contributed by atoms with Crippen molar-refractivity contribution in [1.82, 2.24) is 9.21 Å². The maximum Gasteiger partial charge on any atom is 0.276 e. The summed E-state index contributed by atoms with van der Waals surface area (Å²) in [6, 6.07) is 9.06. The predicted molar refractivity (Wildman–Crippen MR) is 88.8 cm³/mol. The first kappa shape index (κ1) is 15.2. The van der Waals surface area contributed by atoms with Crippen LogP contribution in [0.3, 0.4) is 0 Å². The third kappa shape index (κ3) is 2.58. The molecule has 1 aromatic carbocycles. The molecule has 0 bridgehead atoms. The molecule has 1 spiro atoms. The van der Waals surface area contributed by atoms with E-state index in [1.807, 2.05) is 18.2 Å². The maximum atomic E-state index is 12.9. The van der Waals surface area contributed by atoms with Crippen molar-refractivity contribution >= 4 is 21.0 Å². The molecule has 4 rings (SSSR count). The first-order chi connectivity index (χ1) is 11.0. The smallest absolute Gasteiger partial charge is 0.276 e. The van der Waals surface area contributed by atoms with Crippen molar-refractivity contribution < 1.29 is 12.8 Å². The molecule has 124 valence electrons. The third-order valence-electron chi connectivity index (χ3n) is 5.25. The Kier molecular flexibility index (Phi) is 3.51. The predicted octanol–water partition coefficient (Wildman–Crippen LogP) is 2.54. The number of sulfonamides is 1. The lowest BCUT2D eigenvalue weighted by Crippen LogP contribution is -2.43. The number of furan rings is 1. The Hall–Kier alpha value is -1.37. The first-order valence-corrected chi connectivity index (χ1v) is 9.60. The third-order valence-corrected chi connectivity index (χ3v) is 6.95. The Balaban J connectivity index is 1.62. The maximum absolute atomic E-state index is 12.9. The van der Waals surface area contributed by atoms with E-state index >= 15 is 0 Å². The van der Waals surface area contributed by atoms with Gasteiger partial charge in [0.1, 0.15) is 5.58 Å². The van der Waals surface area contributed by atoms with Crippen LogP contribution in [0.15, 0.2) is 39.8 Å². The first-order valence-electron chi connectivity index (χ1n) is 8.16. The summed E-state index contributed by atoms with van der Waals surface area (Å²) in [6.45, 7) is 3.29. The molecule has 1 aromatic heterocycles. The lowest BCUT2D eigenvalue weighted by atomic mass is 9.79. The molecule has 2 saturated heterocycles. The van der Waals surface area contributed by atoms with Gasteiger partial charge in [-0.25, -0.2) is 8.42 Å². The fraction of sp³-hybridized carbons (Fsp3) is 0.529. The standard InChI is InChI=1S/C17H22N2O3S/c1-18-9-4-7-17(12-18)8-10-19(13-17)23(20,21)16-11-14-5-2-3-6-15(14)22-16/h2-3,5-6,11H,4,7-10,12-13H2,1H3. The van der Waals surface area contributed by atoms with E-state index in [9.17, 15) is 8.42 Å². The molecule has 1 unspecified atom stereocenters. The minimum atomic E-state index is -3.55. The topological polar surface area (TPSA) is 53.8 Å². The number of hydrogen-bond acceptors (Lipinski definition) is 4. The highest BCUT2D eigenvalue weighted by Crippen LogP contribution is 2.40. The molecule has 5 nitrogen and oxygen atoms in total. The summed E-state index contributed by atoms with van der Waals surface area (Å²) < 4.78 is 33.1. The number of rotatable bonds is 2. The second-order valence-corrected chi connectivity index (χ2v) is 8.90. The second kappa shape index (κ2) is 5.33. The summed E-state index contributed by atoms with van der Waals surface area (Å²) in [4.78, 5) is 2.32. The highest BCUT2D eigenvalue weighted by atomic mass is 32.2. The zero-order valence-electron chi connectivity index (χ0n) is 13.4. The van der Waals surface area contributed by atoms with Crippen molar-refractivity contribution in [3.8, 4) is 0 Å². The van der Waals surface area contributed by atoms with Gasteiger partial charge in [0.25, 0.3) is 10.0 Å². The van der Waals surface area contributed by atoms with Crippen LogP contribution in [0.1, 0.15) is 19.3 Å². The van der Waals surface area contributed by atoms with E-state index in [4.69, 9.17) is 4.42 Å². The van der Waals surface area contributed by atoms with Gasteiger partial charge in [0.05, 0.1) is 0 Å². The molecule has 0 amide bonds. The molecule has 1 atom stereocenters. The lowest BCUT2D eigenvalue weighted by Gasteiger charge is -2.38. The van der Waals surface area contributed by atoms with Gasteiger partial charge in [0, 0.05) is 31.1 Å². The number of fused-ring (bicyclic) bond motifs is 1. The van der Waals surface area contributed by atoms with Gasteiger partial charge in [-0.1, -0.05) is 18.2 Å². The summed E-state index contributed by atoms with van der Waals surface area (Å²) in [7, 11) is -1.42. The fourth-order valence-electron chi connectivity index (χ4n) is 4.10. The highest BCUT2D eigenvalue weighted by Gasteiger charge is 2.45. The highest BCUT2D eigenvalue weighted by molar-refractivity contribution is 7.89. The summed E-state index contributed by atoms with van der Waals surface area (Å²) in [6.07, 6.45) is 3.20. The molecule has 6 heteroatoms. The van der Waals surface area contributed by atoms with Crippen LogP contribution in [0.2, 0.25) is 0 Å². The average Bonchev–Trinajstić information content (AvgIpc) is 3.12. The average molecular weight is 334 g/mol. The monoisotopic (exact) mass is 334 g/mol. The Morgan fingerprint density at radius 3 is 2.74 bits per heavy atom. The Labute approximate surface area is 136 Å². The number of nitrogens with zero attached hydrogens (tertiary/aromatic N) is 2. The van der Waals surface area contributed by atoms with E-state index in [0.717, 1.165) is 37.7 Å². The molecular weight excluding hydrogens is 312 g/mol. The van der Waals surface area contributed by atoms with Gasteiger partial charge < -0.3 is 9.32 Å². The van der Waals surface area contributed by atoms with Gasteiger partial charge in [-0.2, -0.15) is 4.31 Å². The largest absolute Gasteiger partial charge is 0.443 e. The number of para-hydroxylation sites is 1. The SMILES string of the molecule is CN1CCCC2(CCN(S(=O)(=O)c3cc4ccccc4o3)C2)C1. The molecule has 2 aliphatic rings. The van der Waals surface area contributed by atoms with Gasteiger partial charge in [-0.15, -0.1) is 0 Å². The van der Waals surface area contributed by atoms with Crippen LogP contribution in [0.5, 0.6) is 0 Å². The zero-order valence-corrected chi connectivity index (χ0v) is 14.2. The van der Waals surface area contributed by atoms with E-state index in [-0.39, 0.29) is 10.5 Å². The molecule has 3 heterocycles. The molecule has 0 aliphatic carbocycles. The van der Waals surface area contributed by atoms with Crippen LogP contribution >= 0.6 is 0 Å². The normalized spacial score (nSPS) is 27.2. The number of hydrogen-bond donors (Lipinski definition) is 0. The van der Waals surface area contributed by atoms with E-state index in [1.165, 1.54) is 0 Å². The van der Waals surface area contributed by atoms with Crippen molar-refractivity contribution in [3.05, 3.63) is 30.3 Å². The van der Waals surface area contributed by atoms with Crippen LogP contribution < -0.4 is 0 Å². The molecular formula is C17H22N2O3S. The summed E-state index contributed by atoms with van der Waals surface area (Å²) in [5.41, 5.74) is 0.740. The summed E-state index contributed by atoms with van der Waals surface area (Å²) in [5.74, 6) is 0. The number of likely N-dealkylation sites (tertiary alicyclic amines) is 1. The van der Waals surface area contributed by atoms with Crippen molar-refractivity contribution in [3.63, 3.8) is 0 Å². The van der Waals surface area contributed by atoms with E-state index in [0.29, 0.717) is 18.7 Å². The summed E-state index contributed by atoms with van der Waals surface area (Å²) in [5, 5.41) is 0.900. The molecule has 2 aromatic rings. The minimum Gasteiger partial charge on any atom is -0.443 e. The molecule has 0 radical (unpaired) electrons. The molecule has 0 N–H and O–H groups in total. The Morgan fingerprint density at radius 1 is 1.13 bits per heavy atom. The minimum absolute atomic E-state index is 0.0694. The van der Waals surface area contributed by atoms with Crippen LogP contribution in [-0.2, 0) is 10.0 Å². The van der Waals surface area contributed by atoms with Crippen LogP contribution in [0.25, 0.3) is 11.0 Å². The van der Waals surface area contributed by atoms with E-state index < -0.39 is 10.0 Å². The molecule has 2 aliphatic heterocycles. The number of piperidine rings is 1. The Morgan fingerprint density at radius 2 is 1.96 bits per heavy atom. The lowest BCUT2D eigenvalue weighted by molar-refractivity contribution is 0.121. The quantitative estimate of drug-likeness (QED) is 0.847. The second-order valence-electron chi connectivity index (χ2n) is 7.03. The zero-order chi connectivity index (χ0) is 16.1. The molecule has 0 saturated carbocycles.